The van der Waals surface area contributed by atoms with Crippen LogP contribution in [-0.2, 0) is 4.74 Å². The number of ether oxygens (including phenoxy) is 1. The second-order valence-electron chi connectivity index (χ2n) is 4.93. The van der Waals surface area contributed by atoms with Crippen molar-refractivity contribution in [2.24, 2.45) is 5.92 Å². The van der Waals surface area contributed by atoms with Gasteiger partial charge in [0.15, 0.2) is 10.6 Å². The van der Waals surface area contributed by atoms with E-state index in [1.165, 1.54) is 0 Å². The van der Waals surface area contributed by atoms with Crippen LogP contribution >= 0.6 is 12.2 Å². The molecule has 0 saturated carbocycles. The Bertz CT molecular complexity index is 591. The van der Waals surface area contributed by atoms with Gasteiger partial charge in [-0.3, -0.25) is 14.6 Å². The molecule has 5 nitrogen and oxygen atoms in total. The first kappa shape index (κ1) is 14.9. The fourth-order valence-corrected chi connectivity index (χ4v) is 2.39. The van der Waals surface area contributed by atoms with E-state index >= 15 is 0 Å². The summed E-state index contributed by atoms with van der Waals surface area (Å²) in [6.45, 7) is 7.64. The largest absolute Gasteiger partial charge is 0.380 e. The normalized spacial score (nSPS) is 12.8. The van der Waals surface area contributed by atoms with Gasteiger partial charge in [-0.25, -0.2) is 0 Å². The molecule has 0 aliphatic heterocycles. The highest BCUT2D eigenvalue weighted by Crippen LogP contribution is 2.25. The van der Waals surface area contributed by atoms with Gasteiger partial charge >= 0.3 is 0 Å². The number of nitrogens with one attached hydrogen (secondary N) is 1. The minimum Gasteiger partial charge on any atom is -0.380 e. The highest BCUT2D eigenvalue weighted by molar-refractivity contribution is 7.71. The molecule has 1 atom stereocenters. The molecule has 1 N–H and O–H groups in total. The predicted molar refractivity (Wildman–Crippen MR) is 81.0 cm³/mol. The molecule has 0 radical (unpaired) electrons. The van der Waals surface area contributed by atoms with Crippen LogP contribution in [0.25, 0.3) is 11.4 Å². The molecule has 0 fully saturated rings. The SMILES string of the molecule is CCOCC(C(C)C)n1c(-c2ccncc2)n[nH]c1=S. The van der Waals surface area contributed by atoms with E-state index in [9.17, 15) is 0 Å². The summed E-state index contributed by atoms with van der Waals surface area (Å²) in [5, 5.41) is 7.25. The first-order valence-electron chi connectivity index (χ1n) is 6.80. The average molecular weight is 292 g/mol. The fraction of sp³-hybridized carbons (Fsp3) is 0.500. The Labute approximate surface area is 124 Å². The number of rotatable bonds is 6. The van der Waals surface area contributed by atoms with Gasteiger partial charge in [0.05, 0.1) is 12.6 Å². The van der Waals surface area contributed by atoms with Crippen molar-refractivity contribution < 1.29 is 4.74 Å². The van der Waals surface area contributed by atoms with E-state index in [0.717, 1.165) is 11.4 Å². The van der Waals surface area contributed by atoms with Crippen molar-refractivity contribution >= 4 is 12.2 Å². The lowest BCUT2D eigenvalue weighted by Gasteiger charge is -2.23. The zero-order valence-electron chi connectivity index (χ0n) is 12.0. The number of nitrogens with zero attached hydrogens (tertiary/aromatic N) is 3. The molecule has 0 spiro atoms. The second kappa shape index (κ2) is 6.76. The van der Waals surface area contributed by atoms with Crippen LogP contribution in [0.15, 0.2) is 24.5 Å². The van der Waals surface area contributed by atoms with Crippen LogP contribution in [0.5, 0.6) is 0 Å². The molecule has 0 aliphatic carbocycles. The molecular formula is C14H20N4OS. The number of H-pyrrole nitrogens is 1. The van der Waals surface area contributed by atoms with Crippen LogP contribution in [0.1, 0.15) is 26.8 Å². The Balaban J connectivity index is 2.44. The number of hydrogen-bond donors (Lipinski definition) is 1. The summed E-state index contributed by atoms with van der Waals surface area (Å²) in [7, 11) is 0. The van der Waals surface area contributed by atoms with E-state index in [2.05, 4.69) is 29.0 Å². The van der Waals surface area contributed by atoms with E-state index in [1.54, 1.807) is 12.4 Å². The smallest absolute Gasteiger partial charge is 0.195 e. The summed E-state index contributed by atoms with van der Waals surface area (Å²) in [6, 6.07) is 4.02. The Morgan fingerprint density at radius 1 is 1.35 bits per heavy atom. The molecule has 2 rings (SSSR count). The number of hydrogen-bond acceptors (Lipinski definition) is 4. The quantitative estimate of drug-likeness (QED) is 0.830. The molecule has 6 heteroatoms. The van der Waals surface area contributed by atoms with Crippen LogP contribution in [-0.4, -0.2) is 33.0 Å². The lowest BCUT2D eigenvalue weighted by atomic mass is 10.0. The van der Waals surface area contributed by atoms with Crippen molar-refractivity contribution in [2.45, 2.75) is 26.8 Å². The number of pyridine rings is 1. The van der Waals surface area contributed by atoms with Gasteiger partial charge < -0.3 is 4.74 Å². The lowest BCUT2D eigenvalue weighted by molar-refractivity contribution is 0.0964. The minimum atomic E-state index is 0.157. The van der Waals surface area contributed by atoms with E-state index in [-0.39, 0.29) is 6.04 Å². The molecule has 1 unspecified atom stereocenters. The highest BCUT2D eigenvalue weighted by Gasteiger charge is 2.21. The third-order valence-electron chi connectivity index (χ3n) is 3.24. The monoisotopic (exact) mass is 292 g/mol. The number of aromatic nitrogens is 4. The molecule has 0 amide bonds. The van der Waals surface area contributed by atoms with Gasteiger partial charge in [-0.2, -0.15) is 5.10 Å². The van der Waals surface area contributed by atoms with Gasteiger partial charge in [0.2, 0.25) is 0 Å². The minimum absolute atomic E-state index is 0.157. The maximum absolute atomic E-state index is 5.61. The zero-order chi connectivity index (χ0) is 14.5. The predicted octanol–water partition coefficient (Wildman–Crippen LogP) is 3.24. The summed E-state index contributed by atoms with van der Waals surface area (Å²) in [5.41, 5.74) is 0.995. The lowest BCUT2D eigenvalue weighted by Crippen LogP contribution is -2.22. The highest BCUT2D eigenvalue weighted by atomic mass is 32.1. The maximum Gasteiger partial charge on any atom is 0.195 e. The van der Waals surface area contributed by atoms with Crippen LogP contribution in [0.2, 0.25) is 0 Å². The molecule has 0 aliphatic rings. The van der Waals surface area contributed by atoms with E-state index < -0.39 is 0 Å². The maximum atomic E-state index is 5.61. The topological polar surface area (TPSA) is 55.7 Å². The molecule has 2 aromatic rings. The zero-order valence-corrected chi connectivity index (χ0v) is 12.9. The Kier molecular flexibility index (Phi) is 5.03. The van der Waals surface area contributed by atoms with Gasteiger partial charge in [0, 0.05) is 24.6 Å². The third kappa shape index (κ3) is 3.13. The Morgan fingerprint density at radius 2 is 2.05 bits per heavy atom. The van der Waals surface area contributed by atoms with Gasteiger partial charge in [-0.05, 0) is 37.2 Å². The standard InChI is InChI=1S/C14H20N4OS/c1-4-19-9-12(10(2)3)18-13(16-17-14(18)20)11-5-7-15-8-6-11/h5-8,10,12H,4,9H2,1-3H3,(H,17,20). The first-order chi connectivity index (χ1) is 9.65. The summed E-state index contributed by atoms with van der Waals surface area (Å²) in [4.78, 5) is 4.04. The summed E-state index contributed by atoms with van der Waals surface area (Å²) < 4.78 is 8.27. The molecule has 0 saturated heterocycles. The van der Waals surface area contributed by atoms with E-state index in [4.69, 9.17) is 17.0 Å². The van der Waals surface area contributed by atoms with Crippen LogP contribution in [0.4, 0.5) is 0 Å². The molecule has 2 heterocycles. The molecule has 108 valence electrons. The third-order valence-corrected chi connectivity index (χ3v) is 3.52. The molecule has 0 aromatic carbocycles. The van der Waals surface area contributed by atoms with E-state index in [0.29, 0.717) is 23.9 Å². The van der Waals surface area contributed by atoms with Crippen molar-refractivity contribution in [2.75, 3.05) is 13.2 Å². The summed E-state index contributed by atoms with van der Waals surface area (Å²) in [6.07, 6.45) is 3.51. The Morgan fingerprint density at radius 3 is 2.65 bits per heavy atom. The molecule has 0 bridgehead atoms. The van der Waals surface area contributed by atoms with Crippen LogP contribution in [0, 0.1) is 10.7 Å². The summed E-state index contributed by atoms with van der Waals surface area (Å²) in [5.74, 6) is 1.22. The molecule has 2 aromatic heterocycles. The van der Waals surface area contributed by atoms with Crippen molar-refractivity contribution in [1.82, 2.24) is 19.7 Å². The average Bonchev–Trinajstić information content (AvgIpc) is 2.82. The van der Waals surface area contributed by atoms with Crippen LogP contribution in [0.3, 0.4) is 0 Å². The van der Waals surface area contributed by atoms with Gasteiger partial charge in [-0.1, -0.05) is 13.8 Å². The van der Waals surface area contributed by atoms with Crippen LogP contribution < -0.4 is 0 Å². The van der Waals surface area contributed by atoms with E-state index in [1.807, 2.05) is 23.6 Å². The van der Waals surface area contributed by atoms with Crippen molar-refractivity contribution in [1.29, 1.82) is 0 Å². The Hall–Kier alpha value is -1.53. The van der Waals surface area contributed by atoms with Crippen molar-refractivity contribution in [3.05, 3.63) is 29.3 Å². The first-order valence-corrected chi connectivity index (χ1v) is 7.21. The number of aromatic amines is 1. The van der Waals surface area contributed by atoms with Gasteiger partial charge in [0.25, 0.3) is 0 Å². The van der Waals surface area contributed by atoms with Crippen molar-refractivity contribution in [3.63, 3.8) is 0 Å². The molecular weight excluding hydrogens is 272 g/mol. The second-order valence-corrected chi connectivity index (χ2v) is 5.32. The fourth-order valence-electron chi connectivity index (χ4n) is 2.12. The summed E-state index contributed by atoms with van der Waals surface area (Å²) >= 11 is 5.39. The van der Waals surface area contributed by atoms with Gasteiger partial charge in [0.1, 0.15) is 0 Å². The molecule has 20 heavy (non-hydrogen) atoms. The van der Waals surface area contributed by atoms with Crippen molar-refractivity contribution in [3.8, 4) is 11.4 Å². The van der Waals surface area contributed by atoms with Gasteiger partial charge in [-0.15, -0.1) is 0 Å².